The number of amides is 1. The van der Waals surface area contributed by atoms with Crippen LogP contribution < -0.4 is 4.90 Å². The Balaban J connectivity index is 1.47. The summed E-state index contributed by atoms with van der Waals surface area (Å²) in [5.74, 6) is 0.653. The number of rotatable bonds is 3. The minimum atomic E-state index is -0.0403. The maximum absolute atomic E-state index is 12.9. The summed E-state index contributed by atoms with van der Waals surface area (Å²) in [5, 5.41) is 14.0. The van der Waals surface area contributed by atoms with E-state index >= 15 is 0 Å². The van der Waals surface area contributed by atoms with Gasteiger partial charge in [-0.05, 0) is 40.5 Å². The highest BCUT2D eigenvalue weighted by atomic mass is 79.9. The van der Waals surface area contributed by atoms with Gasteiger partial charge in [0.15, 0.2) is 0 Å². The molecule has 0 aliphatic carbocycles. The van der Waals surface area contributed by atoms with E-state index in [1.54, 1.807) is 29.7 Å². The average molecular weight is 474 g/mol. The van der Waals surface area contributed by atoms with Crippen LogP contribution in [-0.4, -0.2) is 47.0 Å². The molecule has 4 heterocycles. The molecule has 0 bridgehead atoms. The van der Waals surface area contributed by atoms with Gasteiger partial charge in [0.2, 0.25) is 0 Å². The fourth-order valence-corrected chi connectivity index (χ4v) is 5.44. The summed E-state index contributed by atoms with van der Waals surface area (Å²) in [7, 11) is 0. The number of halogens is 1. The van der Waals surface area contributed by atoms with Crippen molar-refractivity contribution in [1.29, 1.82) is 5.26 Å². The van der Waals surface area contributed by atoms with Crippen LogP contribution in [0.1, 0.15) is 22.5 Å². The van der Waals surface area contributed by atoms with Crippen LogP contribution in [0.2, 0.25) is 0 Å². The van der Waals surface area contributed by atoms with Gasteiger partial charge in [-0.2, -0.15) is 5.26 Å². The van der Waals surface area contributed by atoms with E-state index in [4.69, 9.17) is 0 Å². The summed E-state index contributed by atoms with van der Waals surface area (Å²) in [6.45, 7) is 2.66. The molecule has 1 fully saturated rings. The number of nitriles is 1. The predicted octanol–water partition coefficient (Wildman–Crippen LogP) is 4.25. The molecule has 0 radical (unpaired) electrons. The molecule has 142 valence electrons. The monoisotopic (exact) mass is 473 g/mol. The molecule has 28 heavy (non-hydrogen) atoms. The highest BCUT2D eigenvalue weighted by Crippen LogP contribution is 2.32. The van der Waals surface area contributed by atoms with Crippen LogP contribution in [-0.2, 0) is 0 Å². The lowest BCUT2D eigenvalue weighted by Crippen LogP contribution is -2.35. The van der Waals surface area contributed by atoms with Gasteiger partial charge >= 0.3 is 0 Å². The Morgan fingerprint density at radius 3 is 2.89 bits per heavy atom. The van der Waals surface area contributed by atoms with Crippen molar-refractivity contribution in [3.63, 3.8) is 0 Å². The molecule has 0 aromatic carbocycles. The van der Waals surface area contributed by atoms with E-state index in [1.165, 1.54) is 11.3 Å². The molecule has 4 rings (SSSR count). The fourth-order valence-electron chi connectivity index (χ4n) is 3.14. The second-order valence-corrected chi connectivity index (χ2v) is 8.97. The van der Waals surface area contributed by atoms with Crippen molar-refractivity contribution in [2.75, 3.05) is 31.1 Å². The number of aromatic nitrogens is 2. The van der Waals surface area contributed by atoms with Crippen molar-refractivity contribution >= 4 is 50.3 Å². The summed E-state index contributed by atoms with van der Waals surface area (Å²) in [5.41, 5.74) is 1.06. The van der Waals surface area contributed by atoms with E-state index in [0.29, 0.717) is 36.7 Å². The molecule has 0 saturated carbocycles. The molecule has 0 unspecified atom stereocenters. The molecule has 1 amide bonds. The van der Waals surface area contributed by atoms with Gasteiger partial charge in [-0.25, -0.2) is 9.97 Å². The second kappa shape index (κ2) is 8.39. The van der Waals surface area contributed by atoms with E-state index in [9.17, 15) is 10.1 Å². The van der Waals surface area contributed by atoms with Crippen LogP contribution in [0.3, 0.4) is 0 Å². The number of carbonyl (C=O) groups excluding carboxylic acids is 1. The highest BCUT2D eigenvalue weighted by Gasteiger charge is 2.24. The smallest absolute Gasteiger partial charge is 0.273 e. The first-order valence-electron chi connectivity index (χ1n) is 8.75. The lowest BCUT2D eigenvalue weighted by molar-refractivity contribution is 0.0762. The van der Waals surface area contributed by atoms with E-state index in [2.05, 4.69) is 36.9 Å². The van der Waals surface area contributed by atoms with E-state index in [0.717, 1.165) is 27.3 Å². The number of hydrogen-bond donors (Lipinski definition) is 0. The Hall–Kier alpha value is -2.28. The first-order valence-corrected chi connectivity index (χ1v) is 11.3. The van der Waals surface area contributed by atoms with Crippen molar-refractivity contribution in [2.45, 2.75) is 6.42 Å². The molecule has 1 aliphatic rings. The number of nitrogens with zero attached hydrogens (tertiary/aromatic N) is 5. The Morgan fingerprint density at radius 2 is 2.11 bits per heavy atom. The molecular formula is C19H16BrN5OS2. The van der Waals surface area contributed by atoms with Crippen molar-refractivity contribution in [3.05, 3.63) is 50.9 Å². The van der Waals surface area contributed by atoms with E-state index < -0.39 is 0 Å². The Labute approximate surface area is 179 Å². The van der Waals surface area contributed by atoms with Crippen molar-refractivity contribution in [3.8, 4) is 16.0 Å². The van der Waals surface area contributed by atoms with Gasteiger partial charge in [0.1, 0.15) is 22.6 Å². The van der Waals surface area contributed by atoms with Gasteiger partial charge in [-0.1, -0.05) is 0 Å². The summed E-state index contributed by atoms with van der Waals surface area (Å²) in [4.78, 5) is 26.8. The minimum Gasteiger partial charge on any atom is -0.354 e. The van der Waals surface area contributed by atoms with Gasteiger partial charge < -0.3 is 9.80 Å². The summed E-state index contributed by atoms with van der Waals surface area (Å²) in [6, 6.07) is 7.75. The Bertz CT molecular complexity index is 1040. The van der Waals surface area contributed by atoms with Crippen molar-refractivity contribution < 1.29 is 4.79 Å². The van der Waals surface area contributed by atoms with Crippen LogP contribution >= 0.6 is 38.6 Å². The van der Waals surface area contributed by atoms with Gasteiger partial charge in [0.05, 0.1) is 10.4 Å². The van der Waals surface area contributed by atoms with Crippen LogP contribution in [0.15, 0.2) is 39.6 Å². The van der Waals surface area contributed by atoms with E-state index in [-0.39, 0.29) is 5.91 Å². The van der Waals surface area contributed by atoms with Crippen LogP contribution in [0, 0.1) is 11.3 Å². The lowest BCUT2D eigenvalue weighted by atomic mass is 10.2. The van der Waals surface area contributed by atoms with Gasteiger partial charge in [0, 0.05) is 47.6 Å². The third kappa shape index (κ3) is 3.94. The number of thiophene rings is 1. The molecular weight excluding hydrogens is 458 g/mol. The van der Waals surface area contributed by atoms with Crippen LogP contribution in [0.25, 0.3) is 9.88 Å². The van der Waals surface area contributed by atoms with Crippen molar-refractivity contribution in [1.82, 2.24) is 14.9 Å². The largest absolute Gasteiger partial charge is 0.354 e. The van der Waals surface area contributed by atoms with Crippen LogP contribution in [0.4, 0.5) is 5.82 Å². The number of anilines is 1. The zero-order valence-electron chi connectivity index (χ0n) is 14.8. The average Bonchev–Trinajstić information content (AvgIpc) is 3.30. The van der Waals surface area contributed by atoms with Gasteiger partial charge in [-0.15, -0.1) is 22.7 Å². The van der Waals surface area contributed by atoms with Crippen LogP contribution in [0.5, 0.6) is 0 Å². The normalized spacial score (nSPS) is 14.6. The molecule has 9 heteroatoms. The van der Waals surface area contributed by atoms with Gasteiger partial charge in [-0.3, -0.25) is 4.79 Å². The first-order chi connectivity index (χ1) is 13.7. The molecule has 1 saturated heterocycles. The Kier molecular flexibility index (Phi) is 5.71. The fraction of sp³-hybridized carbons (Fsp3) is 0.263. The zero-order chi connectivity index (χ0) is 19.5. The molecule has 0 spiro atoms. The zero-order valence-corrected chi connectivity index (χ0v) is 18.1. The molecule has 3 aromatic rings. The van der Waals surface area contributed by atoms with Gasteiger partial charge in [0.25, 0.3) is 5.91 Å². The first kappa shape index (κ1) is 19.1. The number of hydrogen-bond acceptors (Lipinski definition) is 7. The minimum absolute atomic E-state index is 0.0403. The molecule has 1 aliphatic heterocycles. The maximum atomic E-state index is 12.9. The summed E-state index contributed by atoms with van der Waals surface area (Å²) in [6.07, 6.45) is 2.52. The quantitative estimate of drug-likeness (QED) is 0.568. The summed E-state index contributed by atoms with van der Waals surface area (Å²) < 4.78 is 1.02. The van der Waals surface area contributed by atoms with E-state index in [1.807, 2.05) is 21.7 Å². The molecule has 0 N–H and O–H groups in total. The maximum Gasteiger partial charge on any atom is 0.273 e. The molecule has 0 atom stereocenters. The number of carbonyl (C=O) groups is 1. The second-order valence-electron chi connectivity index (χ2n) is 6.29. The van der Waals surface area contributed by atoms with Crippen molar-refractivity contribution in [2.24, 2.45) is 0 Å². The predicted molar refractivity (Wildman–Crippen MR) is 115 cm³/mol. The lowest BCUT2D eigenvalue weighted by Gasteiger charge is -2.23. The molecule has 6 nitrogen and oxygen atoms in total. The topological polar surface area (TPSA) is 73.1 Å². The Morgan fingerprint density at radius 1 is 1.21 bits per heavy atom. The highest BCUT2D eigenvalue weighted by molar-refractivity contribution is 9.10. The number of thiazole rings is 1. The molecule has 3 aromatic heterocycles. The third-order valence-corrected chi connectivity index (χ3v) is 7.19. The summed E-state index contributed by atoms with van der Waals surface area (Å²) >= 11 is 6.55. The third-order valence-electron chi connectivity index (χ3n) is 4.49. The SMILES string of the molecule is N#Cc1cccnc1N1CCCN(C(=O)c2csc(-c3cc(Br)cs3)n2)CC1. The standard InChI is InChI=1S/C19H16BrN5OS2/c20-14-9-16(27-11-14)18-23-15(12-28-18)19(26)25-6-2-5-24(7-8-25)17-13(10-21)3-1-4-22-17/h1,3-4,9,11-12H,2,5-8H2. The number of pyridine rings is 1.